The van der Waals surface area contributed by atoms with Crippen LogP contribution in [-0.4, -0.2) is 35.2 Å². The van der Waals surface area contributed by atoms with Gasteiger partial charge in [-0.2, -0.15) is 0 Å². The van der Waals surface area contributed by atoms with Gasteiger partial charge in [0.05, 0.1) is 12.6 Å². The molecule has 0 aliphatic carbocycles. The van der Waals surface area contributed by atoms with E-state index in [4.69, 9.17) is 4.74 Å². The fourth-order valence-corrected chi connectivity index (χ4v) is 2.24. The number of carbonyl (C=O) groups is 1. The molecule has 0 spiro atoms. The summed E-state index contributed by atoms with van der Waals surface area (Å²) in [6, 6.07) is 6.98. The fourth-order valence-electron chi connectivity index (χ4n) is 2.24. The molecule has 1 aromatic rings. The number of hydrogen-bond donors (Lipinski definition) is 1. The van der Waals surface area contributed by atoms with Crippen LogP contribution in [0.3, 0.4) is 0 Å². The van der Waals surface area contributed by atoms with Gasteiger partial charge in [-0.25, -0.2) is 0 Å². The van der Waals surface area contributed by atoms with Crippen LogP contribution in [-0.2, 0) is 9.53 Å². The van der Waals surface area contributed by atoms with E-state index in [1.165, 1.54) is 0 Å². The number of nitrogens with zero attached hydrogens (tertiary/aromatic N) is 1. The highest BCUT2D eigenvalue weighted by atomic mass is 16.5. The maximum absolute atomic E-state index is 11.9. The minimum absolute atomic E-state index is 0.0282. The zero-order valence-corrected chi connectivity index (χ0v) is 10.1. The number of hydrogen-bond acceptors (Lipinski definition) is 3. The molecule has 1 heterocycles. The molecule has 1 atom stereocenters. The molecular weight excluding hydrogens is 218 g/mol. The number of phenols is 1. The number of morpholine rings is 1. The zero-order valence-electron chi connectivity index (χ0n) is 10.1. The first kappa shape index (κ1) is 11.9. The third-order valence-corrected chi connectivity index (χ3v) is 2.98. The third kappa shape index (κ3) is 2.26. The molecule has 0 radical (unpaired) electrons. The number of phenolic OH excluding ortho intramolecular Hbond substituents is 1. The lowest BCUT2D eigenvalue weighted by molar-refractivity contribution is -0.151. The average Bonchev–Trinajstić information content (AvgIpc) is 2.28. The summed E-state index contributed by atoms with van der Waals surface area (Å²) in [4.78, 5) is 13.6. The Hall–Kier alpha value is -1.55. The predicted molar refractivity (Wildman–Crippen MR) is 63.6 cm³/mol. The van der Waals surface area contributed by atoms with Gasteiger partial charge in [-0.05, 0) is 19.9 Å². The molecule has 0 bridgehead atoms. The van der Waals surface area contributed by atoms with Gasteiger partial charge in [0, 0.05) is 11.6 Å². The Kier molecular flexibility index (Phi) is 3.33. The molecule has 92 valence electrons. The van der Waals surface area contributed by atoms with Gasteiger partial charge in [0.1, 0.15) is 12.4 Å². The molecule has 4 nitrogen and oxygen atoms in total. The lowest BCUT2D eigenvalue weighted by Gasteiger charge is -2.38. The van der Waals surface area contributed by atoms with Crippen LogP contribution in [0.25, 0.3) is 0 Å². The van der Waals surface area contributed by atoms with Gasteiger partial charge in [-0.15, -0.1) is 0 Å². The van der Waals surface area contributed by atoms with Gasteiger partial charge < -0.3 is 14.7 Å². The summed E-state index contributed by atoms with van der Waals surface area (Å²) in [5.74, 6) is 0.181. The van der Waals surface area contributed by atoms with E-state index >= 15 is 0 Å². The van der Waals surface area contributed by atoms with Crippen LogP contribution in [0.1, 0.15) is 25.5 Å². The standard InChI is InChI=1S/C13H17NO3/c1-9(2)14-11(7-17-8-13(14)16)10-5-3-4-6-12(10)15/h3-6,9,11,15H,7-8H2,1-2H3. The number of carbonyl (C=O) groups excluding carboxylic acids is 1. The smallest absolute Gasteiger partial charge is 0.249 e. The molecule has 2 rings (SSSR count). The fraction of sp³-hybridized carbons (Fsp3) is 0.462. The lowest BCUT2D eigenvalue weighted by Crippen LogP contribution is -2.47. The van der Waals surface area contributed by atoms with Crippen molar-refractivity contribution in [3.8, 4) is 5.75 Å². The molecular formula is C13H17NO3. The molecule has 1 aromatic carbocycles. The quantitative estimate of drug-likeness (QED) is 0.848. The molecule has 0 aromatic heterocycles. The SMILES string of the molecule is CC(C)N1C(=O)COCC1c1ccccc1O. The van der Waals surface area contributed by atoms with Gasteiger partial charge in [-0.1, -0.05) is 18.2 Å². The van der Waals surface area contributed by atoms with Crippen LogP contribution in [0.15, 0.2) is 24.3 Å². The Morgan fingerprint density at radius 1 is 1.41 bits per heavy atom. The van der Waals surface area contributed by atoms with Gasteiger partial charge in [0.15, 0.2) is 0 Å². The minimum atomic E-state index is -0.197. The Balaban J connectivity index is 2.35. The van der Waals surface area contributed by atoms with Crippen molar-refractivity contribution in [1.82, 2.24) is 4.90 Å². The largest absolute Gasteiger partial charge is 0.508 e. The summed E-state index contributed by atoms with van der Waals surface area (Å²) < 4.78 is 5.28. The highest BCUT2D eigenvalue weighted by Crippen LogP contribution is 2.32. The first-order valence-electron chi connectivity index (χ1n) is 5.78. The van der Waals surface area contributed by atoms with Crippen molar-refractivity contribution in [3.63, 3.8) is 0 Å². The van der Waals surface area contributed by atoms with E-state index in [1.54, 1.807) is 17.0 Å². The van der Waals surface area contributed by atoms with E-state index in [9.17, 15) is 9.90 Å². The van der Waals surface area contributed by atoms with Gasteiger partial charge in [0.25, 0.3) is 0 Å². The van der Waals surface area contributed by atoms with E-state index < -0.39 is 0 Å². The highest BCUT2D eigenvalue weighted by Gasteiger charge is 2.32. The Morgan fingerprint density at radius 3 is 2.76 bits per heavy atom. The summed E-state index contributed by atoms with van der Waals surface area (Å²) >= 11 is 0. The molecule has 4 heteroatoms. The zero-order chi connectivity index (χ0) is 12.4. The van der Waals surface area contributed by atoms with E-state index in [2.05, 4.69) is 0 Å². The van der Waals surface area contributed by atoms with Crippen LogP contribution in [0.4, 0.5) is 0 Å². The maximum atomic E-state index is 11.9. The summed E-state index contributed by atoms with van der Waals surface area (Å²) in [5.41, 5.74) is 0.745. The molecule has 1 unspecified atom stereocenters. The van der Waals surface area contributed by atoms with Gasteiger partial charge >= 0.3 is 0 Å². The van der Waals surface area contributed by atoms with Crippen LogP contribution in [0.2, 0.25) is 0 Å². The van der Waals surface area contributed by atoms with Crippen LogP contribution in [0.5, 0.6) is 5.75 Å². The van der Waals surface area contributed by atoms with Crippen molar-refractivity contribution in [2.45, 2.75) is 25.9 Å². The topological polar surface area (TPSA) is 49.8 Å². The lowest BCUT2D eigenvalue weighted by atomic mass is 10.0. The van der Waals surface area contributed by atoms with Crippen molar-refractivity contribution in [1.29, 1.82) is 0 Å². The van der Waals surface area contributed by atoms with Gasteiger partial charge in [-0.3, -0.25) is 4.79 Å². The van der Waals surface area contributed by atoms with E-state index in [-0.39, 0.29) is 30.3 Å². The maximum Gasteiger partial charge on any atom is 0.249 e. The number of rotatable bonds is 2. The predicted octanol–water partition coefficient (Wildman–Crippen LogP) is 1.70. The van der Waals surface area contributed by atoms with Gasteiger partial charge in [0.2, 0.25) is 5.91 Å². The summed E-state index contributed by atoms with van der Waals surface area (Å²) in [6.45, 7) is 4.50. The molecule has 1 fully saturated rings. The number of benzene rings is 1. The number of amides is 1. The molecule has 1 aliphatic heterocycles. The average molecular weight is 235 g/mol. The molecule has 0 saturated carbocycles. The summed E-state index contributed by atoms with van der Waals surface area (Å²) in [7, 11) is 0. The Labute approximate surface area is 101 Å². The van der Waals surface area contributed by atoms with Crippen molar-refractivity contribution < 1.29 is 14.6 Å². The normalized spacial score (nSPS) is 21.0. The van der Waals surface area contributed by atoms with E-state index in [0.29, 0.717) is 6.61 Å². The molecule has 1 amide bonds. The number of aromatic hydroxyl groups is 1. The van der Waals surface area contributed by atoms with Crippen LogP contribution < -0.4 is 0 Å². The second-order valence-corrected chi connectivity index (χ2v) is 4.48. The Bertz CT molecular complexity index is 417. The van der Waals surface area contributed by atoms with Crippen LogP contribution in [0, 0.1) is 0 Å². The second-order valence-electron chi connectivity index (χ2n) is 4.48. The third-order valence-electron chi connectivity index (χ3n) is 2.98. The van der Waals surface area contributed by atoms with Crippen LogP contribution >= 0.6 is 0 Å². The second kappa shape index (κ2) is 4.75. The highest BCUT2D eigenvalue weighted by molar-refractivity contribution is 5.79. The number of ether oxygens (including phenoxy) is 1. The first-order valence-corrected chi connectivity index (χ1v) is 5.78. The monoisotopic (exact) mass is 235 g/mol. The van der Waals surface area contributed by atoms with Crippen molar-refractivity contribution in [3.05, 3.63) is 29.8 Å². The van der Waals surface area contributed by atoms with Crippen molar-refractivity contribution >= 4 is 5.91 Å². The molecule has 1 saturated heterocycles. The molecule has 1 aliphatic rings. The number of para-hydroxylation sites is 1. The minimum Gasteiger partial charge on any atom is -0.508 e. The van der Waals surface area contributed by atoms with Crippen molar-refractivity contribution in [2.75, 3.05) is 13.2 Å². The molecule has 17 heavy (non-hydrogen) atoms. The summed E-state index contributed by atoms with van der Waals surface area (Å²) in [6.07, 6.45) is 0. The van der Waals surface area contributed by atoms with E-state index in [0.717, 1.165) is 5.56 Å². The first-order chi connectivity index (χ1) is 8.11. The Morgan fingerprint density at radius 2 is 2.12 bits per heavy atom. The van der Waals surface area contributed by atoms with E-state index in [1.807, 2.05) is 26.0 Å². The summed E-state index contributed by atoms with van der Waals surface area (Å²) in [5, 5.41) is 9.86. The molecule has 1 N–H and O–H groups in total. The van der Waals surface area contributed by atoms with Crippen molar-refractivity contribution in [2.24, 2.45) is 0 Å².